The number of benzene rings is 2. The third kappa shape index (κ3) is 4.91. The molecule has 3 heteroatoms. The van der Waals surface area contributed by atoms with Gasteiger partial charge >= 0.3 is 0 Å². The molecule has 0 heterocycles. The zero-order valence-corrected chi connectivity index (χ0v) is 16.8. The fourth-order valence-electron chi connectivity index (χ4n) is 4.30. The molecule has 1 aliphatic carbocycles. The first kappa shape index (κ1) is 19.9. The van der Waals surface area contributed by atoms with Crippen molar-refractivity contribution in [1.29, 1.82) is 0 Å². The van der Waals surface area contributed by atoms with Crippen LogP contribution in [0.5, 0.6) is 5.75 Å². The van der Waals surface area contributed by atoms with Crippen LogP contribution in [0.15, 0.2) is 42.5 Å². The van der Waals surface area contributed by atoms with Crippen molar-refractivity contribution < 1.29 is 9.84 Å². The van der Waals surface area contributed by atoms with Crippen molar-refractivity contribution in [2.45, 2.75) is 65.2 Å². The van der Waals surface area contributed by atoms with Gasteiger partial charge in [0, 0.05) is 11.6 Å². The topological polar surface area (TPSA) is 32.7 Å². The summed E-state index contributed by atoms with van der Waals surface area (Å²) >= 11 is 0. The summed E-state index contributed by atoms with van der Waals surface area (Å²) in [5, 5.41) is 10.0. The Bertz CT molecular complexity index is 708. The Labute approximate surface area is 164 Å². The van der Waals surface area contributed by atoms with E-state index in [0.29, 0.717) is 12.6 Å². The second-order valence-electron chi connectivity index (χ2n) is 7.54. The van der Waals surface area contributed by atoms with Gasteiger partial charge in [0.1, 0.15) is 12.4 Å². The summed E-state index contributed by atoms with van der Waals surface area (Å²) in [6.45, 7) is 7.47. The molecule has 0 saturated heterocycles. The zero-order valence-electron chi connectivity index (χ0n) is 16.8. The van der Waals surface area contributed by atoms with Crippen molar-refractivity contribution in [3.8, 4) is 5.75 Å². The van der Waals surface area contributed by atoms with E-state index in [2.05, 4.69) is 43.0 Å². The van der Waals surface area contributed by atoms with Crippen molar-refractivity contribution in [1.82, 2.24) is 4.90 Å². The number of rotatable bonds is 9. The highest BCUT2D eigenvalue weighted by molar-refractivity contribution is 5.46. The third-order valence-electron chi connectivity index (χ3n) is 5.60. The van der Waals surface area contributed by atoms with Gasteiger partial charge in [-0.05, 0) is 68.0 Å². The Morgan fingerprint density at radius 3 is 2.44 bits per heavy atom. The molecular formula is C24H33NO2. The van der Waals surface area contributed by atoms with Crippen LogP contribution in [0.25, 0.3) is 0 Å². The van der Waals surface area contributed by atoms with Gasteiger partial charge in [0.05, 0.1) is 6.61 Å². The van der Waals surface area contributed by atoms with Crippen LogP contribution in [-0.4, -0.2) is 29.1 Å². The van der Waals surface area contributed by atoms with Gasteiger partial charge in [-0.1, -0.05) is 50.2 Å². The molecule has 1 N–H and O–H groups in total. The molecule has 0 unspecified atom stereocenters. The van der Waals surface area contributed by atoms with Gasteiger partial charge in [0.25, 0.3) is 0 Å². The number of hydrogen-bond donors (Lipinski definition) is 1. The van der Waals surface area contributed by atoms with Crippen molar-refractivity contribution >= 4 is 0 Å². The minimum Gasteiger partial charge on any atom is -0.489 e. The summed E-state index contributed by atoms with van der Waals surface area (Å²) in [6.07, 6.45) is 5.70. The maximum absolute atomic E-state index is 10.0. The van der Waals surface area contributed by atoms with Crippen LogP contribution in [0.3, 0.4) is 0 Å². The number of aliphatic hydroxyl groups excluding tert-OH is 1. The first-order valence-corrected chi connectivity index (χ1v) is 10.4. The molecule has 0 fully saturated rings. The molecule has 2 aromatic carbocycles. The lowest BCUT2D eigenvalue weighted by atomic mass is 9.84. The zero-order chi connectivity index (χ0) is 19.1. The maximum atomic E-state index is 10.0. The lowest BCUT2D eigenvalue weighted by Gasteiger charge is -2.36. The predicted octanol–water partition coefficient (Wildman–Crippen LogP) is 4.74. The van der Waals surface area contributed by atoms with Crippen LogP contribution in [0.4, 0.5) is 0 Å². The number of ether oxygens (including phenoxy) is 1. The molecule has 146 valence electrons. The van der Waals surface area contributed by atoms with Gasteiger partial charge in [-0.2, -0.15) is 0 Å². The Morgan fingerprint density at radius 1 is 1.04 bits per heavy atom. The molecular weight excluding hydrogens is 334 g/mol. The molecule has 27 heavy (non-hydrogen) atoms. The van der Waals surface area contributed by atoms with Crippen molar-refractivity contribution in [3.05, 3.63) is 64.7 Å². The Balaban J connectivity index is 1.75. The fourth-order valence-corrected chi connectivity index (χ4v) is 4.30. The minimum atomic E-state index is 0.0472. The second kappa shape index (κ2) is 9.91. The summed E-state index contributed by atoms with van der Waals surface area (Å²) < 4.78 is 6.06. The van der Waals surface area contributed by atoms with Crippen LogP contribution < -0.4 is 4.74 Å². The van der Waals surface area contributed by atoms with Crippen LogP contribution in [0.2, 0.25) is 0 Å². The normalized spacial score (nSPS) is 16.4. The highest BCUT2D eigenvalue weighted by atomic mass is 16.5. The van der Waals surface area contributed by atoms with E-state index in [1.165, 1.54) is 43.5 Å². The molecule has 0 aromatic heterocycles. The average Bonchev–Trinajstić information content (AvgIpc) is 2.72. The number of aliphatic hydroxyl groups is 1. The Hall–Kier alpha value is -1.84. The molecule has 0 bridgehead atoms. The quantitative estimate of drug-likeness (QED) is 0.695. The summed E-state index contributed by atoms with van der Waals surface area (Å²) in [5.74, 6) is 0.831. The van der Waals surface area contributed by atoms with E-state index in [9.17, 15) is 5.11 Å². The lowest BCUT2D eigenvalue weighted by Crippen LogP contribution is -2.40. The van der Waals surface area contributed by atoms with Gasteiger partial charge < -0.3 is 14.7 Å². The number of nitrogens with zero attached hydrogens (tertiary/aromatic N) is 1. The molecule has 0 spiro atoms. The molecule has 3 rings (SSSR count). The summed E-state index contributed by atoms with van der Waals surface area (Å²) in [4.78, 5) is 2.65. The summed E-state index contributed by atoms with van der Waals surface area (Å²) in [7, 11) is 0. The first-order chi connectivity index (χ1) is 13.3. The van der Waals surface area contributed by atoms with Gasteiger partial charge in [-0.15, -0.1) is 0 Å². The molecule has 0 saturated carbocycles. The molecule has 2 aromatic rings. The van der Waals surface area contributed by atoms with E-state index in [4.69, 9.17) is 4.74 Å². The third-order valence-corrected chi connectivity index (χ3v) is 5.60. The second-order valence-corrected chi connectivity index (χ2v) is 7.54. The predicted molar refractivity (Wildman–Crippen MR) is 111 cm³/mol. The van der Waals surface area contributed by atoms with Crippen molar-refractivity contribution in [3.63, 3.8) is 0 Å². The molecule has 3 nitrogen and oxygen atoms in total. The van der Waals surface area contributed by atoms with Crippen molar-refractivity contribution in [2.24, 2.45) is 0 Å². The summed E-state index contributed by atoms with van der Waals surface area (Å²) in [6, 6.07) is 15.1. The van der Waals surface area contributed by atoms with Crippen LogP contribution >= 0.6 is 0 Å². The Kier molecular flexibility index (Phi) is 7.31. The largest absolute Gasteiger partial charge is 0.489 e. The highest BCUT2D eigenvalue weighted by Crippen LogP contribution is 2.33. The van der Waals surface area contributed by atoms with E-state index in [1.54, 1.807) is 0 Å². The average molecular weight is 368 g/mol. The lowest BCUT2D eigenvalue weighted by molar-refractivity contribution is 0.179. The van der Waals surface area contributed by atoms with E-state index in [0.717, 1.165) is 29.7 Å². The van der Waals surface area contributed by atoms with E-state index < -0.39 is 0 Å². The van der Waals surface area contributed by atoms with E-state index in [-0.39, 0.29) is 6.61 Å². The molecule has 0 radical (unpaired) electrons. The SMILES string of the molecule is CCCN(CCC)[C@H]1CCc2c(ccc(OCc3ccccc3)c2CO)C1. The van der Waals surface area contributed by atoms with Gasteiger partial charge in [-0.3, -0.25) is 0 Å². The smallest absolute Gasteiger partial charge is 0.125 e. The van der Waals surface area contributed by atoms with Crippen LogP contribution in [-0.2, 0) is 26.1 Å². The molecule has 1 atom stereocenters. The van der Waals surface area contributed by atoms with Crippen LogP contribution in [0.1, 0.15) is 55.4 Å². The van der Waals surface area contributed by atoms with Gasteiger partial charge in [0.15, 0.2) is 0 Å². The van der Waals surface area contributed by atoms with Gasteiger partial charge in [-0.25, -0.2) is 0 Å². The van der Waals surface area contributed by atoms with E-state index >= 15 is 0 Å². The monoisotopic (exact) mass is 367 g/mol. The van der Waals surface area contributed by atoms with Gasteiger partial charge in [0.2, 0.25) is 0 Å². The van der Waals surface area contributed by atoms with Crippen molar-refractivity contribution in [2.75, 3.05) is 13.1 Å². The highest BCUT2D eigenvalue weighted by Gasteiger charge is 2.26. The standard InChI is InChI=1S/C24H33NO2/c1-3-14-25(15-4-2)21-11-12-22-20(16-21)10-13-24(23(22)17-26)27-18-19-8-6-5-7-9-19/h5-10,13,21,26H,3-4,11-12,14-18H2,1-2H3/t21-/m0/s1. The molecule has 1 aliphatic rings. The van der Waals surface area contributed by atoms with E-state index in [1.807, 2.05) is 18.2 Å². The molecule has 0 aliphatic heterocycles. The number of fused-ring (bicyclic) bond motifs is 1. The minimum absolute atomic E-state index is 0.0472. The first-order valence-electron chi connectivity index (χ1n) is 10.4. The molecule has 0 amide bonds. The van der Waals surface area contributed by atoms with Crippen LogP contribution in [0, 0.1) is 0 Å². The number of hydrogen-bond acceptors (Lipinski definition) is 3. The maximum Gasteiger partial charge on any atom is 0.125 e. The Morgan fingerprint density at radius 2 is 1.78 bits per heavy atom. The fraction of sp³-hybridized carbons (Fsp3) is 0.500. The summed E-state index contributed by atoms with van der Waals surface area (Å²) in [5.41, 5.74) is 4.83.